The molecule has 0 aliphatic heterocycles. The van der Waals surface area contributed by atoms with Crippen LogP contribution in [0.15, 0.2) is 24.3 Å². The summed E-state index contributed by atoms with van der Waals surface area (Å²) < 4.78 is 0. The predicted octanol–water partition coefficient (Wildman–Crippen LogP) is 3.90. The number of fused-ring (bicyclic) bond motifs is 1. The lowest BCUT2D eigenvalue weighted by Gasteiger charge is -2.20. The third kappa shape index (κ3) is 2.19. The van der Waals surface area contributed by atoms with E-state index in [9.17, 15) is 4.79 Å². The molecule has 0 N–H and O–H groups in total. The summed E-state index contributed by atoms with van der Waals surface area (Å²) in [5.74, 6) is 0.259. The number of carbonyl (C=O) groups excluding carboxylic acids is 1. The summed E-state index contributed by atoms with van der Waals surface area (Å²) in [5, 5.41) is 0. The van der Waals surface area contributed by atoms with Gasteiger partial charge in [0.05, 0.1) is 0 Å². The molecule has 0 bridgehead atoms. The minimum absolute atomic E-state index is 0.137. The fraction of sp³-hybridized carbons (Fsp3) is 0.438. The summed E-state index contributed by atoms with van der Waals surface area (Å²) in [6.45, 7) is 8.53. The first kappa shape index (κ1) is 12.1. The lowest BCUT2D eigenvalue weighted by atomic mass is 9.84. The maximum atomic E-state index is 11.9. The Hall–Kier alpha value is -1.37. The number of hydrogen-bond acceptors (Lipinski definition) is 1. The van der Waals surface area contributed by atoms with E-state index in [0.29, 0.717) is 6.42 Å². The Labute approximate surface area is 104 Å². The summed E-state index contributed by atoms with van der Waals surface area (Å²) >= 11 is 0. The lowest BCUT2D eigenvalue weighted by Crippen LogP contribution is -2.12. The summed E-state index contributed by atoms with van der Waals surface area (Å²) in [4.78, 5) is 11.9. The van der Waals surface area contributed by atoms with E-state index in [1.807, 2.05) is 6.92 Å². The van der Waals surface area contributed by atoms with Gasteiger partial charge in [0.1, 0.15) is 0 Å². The Morgan fingerprint density at radius 1 is 1.29 bits per heavy atom. The Kier molecular flexibility index (Phi) is 2.94. The third-order valence-electron chi connectivity index (χ3n) is 3.41. The van der Waals surface area contributed by atoms with Gasteiger partial charge < -0.3 is 0 Å². The number of rotatable bonds is 2. The number of ketones is 1. The molecule has 0 spiro atoms. The normalized spacial score (nSPS) is 14.5. The highest BCUT2D eigenvalue weighted by Gasteiger charge is 2.22. The fourth-order valence-electron chi connectivity index (χ4n) is 2.25. The molecular formula is C16H20O. The molecule has 1 nitrogen and oxygen atoms in total. The number of benzene rings is 1. The highest BCUT2D eigenvalue weighted by Crippen LogP contribution is 2.33. The van der Waals surface area contributed by atoms with Gasteiger partial charge in [0, 0.05) is 12.0 Å². The molecule has 2 rings (SSSR count). The van der Waals surface area contributed by atoms with Crippen molar-refractivity contribution in [1.82, 2.24) is 0 Å². The molecule has 1 heteroatoms. The predicted molar refractivity (Wildman–Crippen MR) is 72.1 cm³/mol. The van der Waals surface area contributed by atoms with E-state index in [-0.39, 0.29) is 11.2 Å². The average Bonchev–Trinajstić information content (AvgIpc) is 2.69. The lowest BCUT2D eigenvalue weighted by molar-refractivity contribution is -0.113. The van der Waals surface area contributed by atoms with Crippen LogP contribution in [-0.2, 0) is 16.6 Å². The van der Waals surface area contributed by atoms with Gasteiger partial charge in [-0.25, -0.2) is 0 Å². The van der Waals surface area contributed by atoms with Gasteiger partial charge in [-0.3, -0.25) is 4.79 Å². The van der Waals surface area contributed by atoms with Gasteiger partial charge >= 0.3 is 0 Å². The van der Waals surface area contributed by atoms with Gasteiger partial charge in [0.25, 0.3) is 0 Å². The second kappa shape index (κ2) is 4.14. The molecule has 0 atom stereocenters. The van der Waals surface area contributed by atoms with E-state index in [0.717, 1.165) is 17.6 Å². The van der Waals surface area contributed by atoms with Crippen molar-refractivity contribution in [2.75, 3.05) is 0 Å². The van der Waals surface area contributed by atoms with Gasteiger partial charge in [0.2, 0.25) is 0 Å². The minimum Gasteiger partial charge on any atom is -0.294 e. The van der Waals surface area contributed by atoms with E-state index in [4.69, 9.17) is 0 Å². The van der Waals surface area contributed by atoms with Crippen LogP contribution >= 0.6 is 0 Å². The quantitative estimate of drug-likeness (QED) is 0.750. The van der Waals surface area contributed by atoms with Crippen LogP contribution in [0.5, 0.6) is 0 Å². The highest BCUT2D eigenvalue weighted by molar-refractivity contribution is 6.22. The fourth-order valence-corrected chi connectivity index (χ4v) is 2.25. The van der Waals surface area contributed by atoms with Crippen LogP contribution in [0.25, 0.3) is 5.57 Å². The Morgan fingerprint density at radius 2 is 2.00 bits per heavy atom. The molecule has 1 aromatic rings. The van der Waals surface area contributed by atoms with Crippen LogP contribution in [0.3, 0.4) is 0 Å². The summed E-state index contributed by atoms with van der Waals surface area (Å²) in [6.07, 6.45) is 3.56. The highest BCUT2D eigenvalue weighted by atomic mass is 16.1. The molecule has 1 aromatic carbocycles. The van der Waals surface area contributed by atoms with Crippen LogP contribution in [0, 0.1) is 0 Å². The van der Waals surface area contributed by atoms with Crippen molar-refractivity contribution in [3.05, 3.63) is 41.0 Å². The van der Waals surface area contributed by atoms with E-state index < -0.39 is 0 Å². The first-order valence-electron chi connectivity index (χ1n) is 6.30. The van der Waals surface area contributed by atoms with Gasteiger partial charge in [-0.2, -0.15) is 0 Å². The smallest absolute Gasteiger partial charge is 0.162 e. The zero-order chi connectivity index (χ0) is 12.6. The summed E-state index contributed by atoms with van der Waals surface area (Å²) in [6, 6.07) is 6.55. The van der Waals surface area contributed by atoms with Crippen molar-refractivity contribution in [2.24, 2.45) is 0 Å². The molecule has 1 aliphatic rings. The Bertz CT molecular complexity index is 487. The SMILES string of the molecule is CCC(=O)C1=CCc2ccc(C(C)(C)C)cc21. The molecule has 0 fully saturated rings. The van der Waals surface area contributed by atoms with E-state index in [1.54, 1.807) is 0 Å². The van der Waals surface area contributed by atoms with Gasteiger partial charge in [-0.1, -0.05) is 52.0 Å². The van der Waals surface area contributed by atoms with Crippen molar-refractivity contribution in [3.8, 4) is 0 Å². The molecule has 0 saturated carbocycles. The van der Waals surface area contributed by atoms with Gasteiger partial charge in [-0.05, 0) is 28.5 Å². The van der Waals surface area contributed by atoms with Crippen LogP contribution in [0.1, 0.15) is 50.8 Å². The second-order valence-electron chi connectivity index (χ2n) is 5.72. The van der Waals surface area contributed by atoms with E-state index >= 15 is 0 Å². The summed E-state index contributed by atoms with van der Waals surface area (Å²) in [7, 11) is 0. The minimum atomic E-state index is 0.137. The molecule has 0 heterocycles. The number of carbonyl (C=O) groups is 1. The number of allylic oxidation sites excluding steroid dienone is 2. The maximum Gasteiger partial charge on any atom is 0.162 e. The van der Waals surface area contributed by atoms with Crippen molar-refractivity contribution < 1.29 is 4.79 Å². The summed E-state index contributed by atoms with van der Waals surface area (Å²) in [5.41, 5.74) is 4.80. The van der Waals surface area contributed by atoms with Crippen molar-refractivity contribution >= 4 is 11.4 Å². The first-order chi connectivity index (χ1) is 7.93. The Balaban J connectivity index is 2.46. The maximum absolute atomic E-state index is 11.9. The first-order valence-corrected chi connectivity index (χ1v) is 6.30. The van der Waals surface area contributed by atoms with Crippen molar-refractivity contribution in [3.63, 3.8) is 0 Å². The molecule has 0 radical (unpaired) electrons. The molecule has 0 amide bonds. The van der Waals surface area contributed by atoms with Crippen molar-refractivity contribution in [1.29, 1.82) is 0 Å². The van der Waals surface area contributed by atoms with E-state index in [1.165, 1.54) is 11.1 Å². The van der Waals surface area contributed by atoms with Crippen LogP contribution in [0.2, 0.25) is 0 Å². The standard InChI is InChI=1S/C16H20O/c1-5-15(17)13-9-7-11-6-8-12(10-14(11)13)16(2,3)4/h6,8-10H,5,7H2,1-4H3. The largest absolute Gasteiger partial charge is 0.294 e. The van der Waals surface area contributed by atoms with Gasteiger partial charge in [-0.15, -0.1) is 0 Å². The molecule has 0 saturated heterocycles. The zero-order valence-electron chi connectivity index (χ0n) is 11.1. The van der Waals surface area contributed by atoms with E-state index in [2.05, 4.69) is 45.0 Å². The van der Waals surface area contributed by atoms with Crippen LogP contribution in [-0.4, -0.2) is 5.78 Å². The third-order valence-corrected chi connectivity index (χ3v) is 3.41. The molecule has 90 valence electrons. The number of hydrogen-bond donors (Lipinski definition) is 0. The topological polar surface area (TPSA) is 17.1 Å². The molecule has 0 unspecified atom stereocenters. The molecule has 1 aliphatic carbocycles. The van der Waals surface area contributed by atoms with Crippen molar-refractivity contribution in [2.45, 2.75) is 46.0 Å². The monoisotopic (exact) mass is 228 g/mol. The van der Waals surface area contributed by atoms with Crippen LogP contribution < -0.4 is 0 Å². The molecule has 17 heavy (non-hydrogen) atoms. The molecule has 0 aromatic heterocycles. The average molecular weight is 228 g/mol. The second-order valence-corrected chi connectivity index (χ2v) is 5.72. The van der Waals surface area contributed by atoms with Crippen LogP contribution in [0.4, 0.5) is 0 Å². The zero-order valence-corrected chi connectivity index (χ0v) is 11.1. The van der Waals surface area contributed by atoms with Gasteiger partial charge in [0.15, 0.2) is 5.78 Å². The Morgan fingerprint density at radius 3 is 2.59 bits per heavy atom. The number of Topliss-reactive ketones (excluding diaryl/α,β-unsaturated/α-hetero) is 1. The molecular weight excluding hydrogens is 208 g/mol.